The van der Waals surface area contributed by atoms with E-state index in [-0.39, 0.29) is 21.8 Å². The number of aromatic hydroxyl groups is 1. The molecule has 0 aliphatic rings. The van der Waals surface area contributed by atoms with Crippen LogP contribution in [0.2, 0.25) is 10.0 Å². The summed E-state index contributed by atoms with van der Waals surface area (Å²) in [6.45, 7) is 1.85. The van der Waals surface area contributed by atoms with Crippen molar-refractivity contribution in [1.29, 1.82) is 0 Å². The quantitative estimate of drug-likeness (QED) is 0.774. The summed E-state index contributed by atoms with van der Waals surface area (Å²) in [7, 11) is 1.53. The summed E-state index contributed by atoms with van der Waals surface area (Å²) >= 11 is 11.5. The van der Waals surface area contributed by atoms with Gasteiger partial charge in [0.05, 0.1) is 23.2 Å². The van der Waals surface area contributed by atoms with Crippen molar-refractivity contribution in [2.75, 3.05) is 12.4 Å². The van der Waals surface area contributed by atoms with Crippen LogP contribution in [0.1, 0.15) is 18.5 Å². The molecule has 0 fully saturated rings. The highest BCUT2D eigenvalue weighted by molar-refractivity contribution is 6.35. The standard InChI is InChI=1S/C15H14Cl2FNO2/c1-8(11-4-3-10(21-2)7-14(11)20)19-9-5-12(16)15(18)13(17)6-9/h3-8,19-20H,1-2H3. The van der Waals surface area contributed by atoms with Crippen LogP contribution in [-0.4, -0.2) is 12.2 Å². The van der Waals surface area contributed by atoms with Gasteiger partial charge in [-0.3, -0.25) is 0 Å². The van der Waals surface area contributed by atoms with Gasteiger partial charge in [-0.2, -0.15) is 0 Å². The molecule has 21 heavy (non-hydrogen) atoms. The molecule has 3 nitrogen and oxygen atoms in total. The zero-order chi connectivity index (χ0) is 15.6. The van der Waals surface area contributed by atoms with E-state index >= 15 is 0 Å². The summed E-state index contributed by atoms with van der Waals surface area (Å²) < 4.78 is 18.4. The number of ether oxygens (including phenoxy) is 1. The first kappa shape index (κ1) is 15.7. The molecule has 112 valence electrons. The van der Waals surface area contributed by atoms with E-state index in [4.69, 9.17) is 27.9 Å². The van der Waals surface area contributed by atoms with Crippen molar-refractivity contribution >= 4 is 28.9 Å². The number of hydrogen-bond donors (Lipinski definition) is 2. The Morgan fingerprint density at radius 2 is 1.81 bits per heavy atom. The topological polar surface area (TPSA) is 41.5 Å². The fraction of sp³-hybridized carbons (Fsp3) is 0.200. The SMILES string of the molecule is COc1ccc(C(C)Nc2cc(Cl)c(F)c(Cl)c2)c(O)c1. The predicted molar refractivity (Wildman–Crippen MR) is 83.1 cm³/mol. The number of phenols is 1. The van der Waals surface area contributed by atoms with Crippen LogP contribution in [0.4, 0.5) is 10.1 Å². The largest absolute Gasteiger partial charge is 0.507 e. The number of phenolic OH excluding ortho intramolecular Hbond substituents is 1. The summed E-state index contributed by atoms with van der Waals surface area (Å²) in [6.07, 6.45) is 0. The number of methoxy groups -OCH3 is 1. The van der Waals surface area contributed by atoms with Gasteiger partial charge in [0.25, 0.3) is 0 Å². The van der Waals surface area contributed by atoms with Crippen molar-refractivity contribution in [3.8, 4) is 11.5 Å². The van der Waals surface area contributed by atoms with Gasteiger partial charge < -0.3 is 15.2 Å². The molecule has 0 saturated carbocycles. The van der Waals surface area contributed by atoms with Crippen LogP contribution in [0, 0.1) is 5.82 Å². The van der Waals surface area contributed by atoms with Crippen molar-refractivity contribution in [1.82, 2.24) is 0 Å². The highest BCUT2D eigenvalue weighted by Crippen LogP contribution is 2.33. The van der Waals surface area contributed by atoms with Gasteiger partial charge in [0.15, 0.2) is 5.82 Å². The maximum absolute atomic E-state index is 13.4. The molecule has 2 aromatic rings. The van der Waals surface area contributed by atoms with Gasteiger partial charge in [-0.1, -0.05) is 23.2 Å². The number of nitrogens with one attached hydrogen (secondary N) is 1. The third kappa shape index (κ3) is 3.52. The molecule has 0 aliphatic carbocycles. The summed E-state index contributed by atoms with van der Waals surface area (Å²) in [5, 5.41) is 13.0. The molecule has 0 radical (unpaired) electrons. The van der Waals surface area contributed by atoms with E-state index in [0.29, 0.717) is 17.0 Å². The molecule has 0 spiro atoms. The first-order valence-corrected chi connectivity index (χ1v) is 6.96. The van der Waals surface area contributed by atoms with Crippen molar-refractivity contribution in [3.05, 3.63) is 51.8 Å². The van der Waals surface area contributed by atoms with E-state index < -0.39 is 5.82 Å². The Balaban J connectivity index is 2.23. The van der Waals surface area contributed by atoms with E-state index in [2.05, 4.69) is 5.32 Å². The van der Waals surface area contributed by atoms with Crippen LogP contribution >= 0.6 is 23.2 Å². The second-order valence-electron chi connectivity index (χ2n) is 4.54. The molecule has 0 aliphatic heterocycles. The summed E-state index contributed by atoms with van der Waals surface area (Å²) in [5.74, 6) is 0.0220. The Labute approximate surface area is 132 Å². The monoisotopic (exact) mass is 329 g/mol. The van der Waals surface area contributed by atoms with Gasteiger partial charge in [0.1, 0.15) is 11.5 Å². The van der Waals surface area contributed by atoms with Crippen LogP contribution < -0.4 is 10.1 Å². The van der Waals surface area contributed by atoms with Crippen LogP contribution in [0.15, 0.2) is 30.3 Å². The lowest BCUT2D eigenvalue weighted by Crippen LogP contribution is -2.07. The molecule has 0 bridgehead atoms. The third-order valence-corrected chi connectivity index (χ3v) is 3.62. The maximum Gasteiger partial charge on any atom is 0.160 e. The second kappa shape index (κ2) is 6.41. The predicted octanol–water partition coefficient (Wildman–Crippen LogP) is 5.02. The first-order chi connectivity index (χ1) is 9.92. The van der Waals surface area contributed by atoms with Gasteiger partial charge in [0, 0.05) is 17.3 Å². The Kier molecular flexibility index (Phi) is 4.80. The van der Waals surface area contributed by atoms with Crippen LogP contribution in [-0.2, 0) is 0 Å². The van der Waals surface area contributed by atoms with E-state index in [1.165, 1.54) is 25.3 Å². The maximum atomic E-state index is 13.4. The number of rotatable bonds is 4. The molecule has 0 aromatic heterocycles. The Morgan fingerprint density at radius 3 is 2.33 bits per heavy atom. The Hall–Kier alpha value is -1.65. The first-order valence-electron chi connectivity index (χ1n) is 6.20. The smallest absolute Gasteiger partial charge is 0.160 e. The van der Waals surface area contributed by atoms with Crippen LogP contribution in [0.5, 0.6) is 11.5 Å². The van der Waals surface area contributed by atoms with Gasteiger partial charge in [-0.25, -0.2) is 4.39 Å². The molecular weight excluding hydrogens is 316 g/mol. The highest BCUT2D eigenvalue weighted by atomic mass is 35.5. The van der Waals surface area contributed by atoms with Crippen LogP contribution in [0.3, 0.4) is 0 Å². The lowest BCUT2D eigenvalue weighted by molar-refractivity contribution is 0.406. The van der Waals surface area contributed by atoms with E-state index in [9.17, 15) is 9.50 Å². The molecule has 6 heteroatoms. The number of halogens is 3. The Bertz CT molecular complexity index is 641. The van der Waals surface area contributed by atoms with Crippen LogP contribution in [0.25, 0.3) is 0 Å². The number of hydrogen-bond acceptors (Lipinski definition) is 3. The van der Waals surface area contributed by atoms with Gasteiger partial charge in [0.2, 0.25) is 0 Å². The number of benzene rings is 2. The minimum absolute atomic E-state index is 0.0591. The molecule has 0 amide bonds. The lowest BCUT2D eigenvalue weighted by atomic mass is 10.1. The molecule has 2 aromatic carbocycles. The molecule has 2 rings (SSSR count). The molecule has 0 saturated heterocycles. The molecule has 2 N–H and O–H groups in total. The van der Waals surface area contributed by atoms with E-state index in [1.54, 1.807) is 12.1 Å². The van der Waals surface area contributed by atoms with Crippen molar-refractivity contribution in [3.63, 3.8) is 0 Å². The fourth-order valence-corrected chi connectivity index (χ4v) is 2.47. The third-order valence-electron chi connectivity index (χ3n) is 3.07. The van der Waals surface area contributed by atoms with Gasteiger partial charge >= 0.3 is 0 Å². The number of anilines is 1. The fourth-order valence-electron chi connectivity index (χ4n) is 1.98. The van der Waals surface area contributed by atoms with E-state index in [1.807, 2.05) is 6.92 Å². The average molecular weight is 330 g/mol. The average Bonchev–Trinajstić information content (AvgIpc) is 2.44. The zero-order valence-electron chi connectivity index (χ0n) is 11.5. The van der Waals surface area contributed by atoms with Crippen molar-refractivity contribution < 1.29 is 14.2 Å². The highest BCUT2D eigenvalue weighted by Gasteiger charge is 2.13. The van der Waals surface area contributed by atoms with Gasteiger partial charge in [-0.15, -0.1) is 0 Å². The summed E-state index contributed by atoms with van der Waals surface area (Å²) in [5.41, 5.74) is 1.24. The lowest BCUT2D eigenvalue weighted by Gasteiger charge is -2.18. The summed E-state index contributed by atoms with van der Waals surface area (Å²) in [6, 6.07) is 7.68. The van der Waals surface area contributed by atoms with E-state index in [0.717, 1.165) is 0 Å². The molecule has 0 heterocycles. The van der Waals surface area contributed by atoms with Crippen molar-refractivity contribution in [2.45, 2.75) is 13.0 Å². The van der Waals surface area contributed by atoms with Crippen molar-refractivity contribution in [2.24, 2.45) is 0 Å². The minimum Gasteiger partial charge on any atom is -0.507 e. The molecule has 1 atom stereocenters. The summed E-state index contributed by atoms with van der Waals surface area (Å²) in [4.78, 5) is 0. The Morgan fingerprint density at radius 1 is 1.19 bits per heavy atom. The second-order valence-corrected chi connectivity index (χ2v) is 5.36. The zero-order valence-corrected chi connectivity index (χ0v) is 13.0. The minimum atomic E-state index is -0.649. The molecular formula is C15H14Cl2FNO2. The normalized spacial score (nSPS) is 12.0. The van der Waals surface area contributed by atoms with Gasteiger partial charge in [-0.05, 0) is 31.2 Å². The molecule has 1 unspecified atom stereocenters.